The van der Waals surface area contributed by atoms with E-state index in [4.69, 9.17) is 14.6 Å². The van der Waals surface area contributed by atoms with E-state index in [9.17, 15) is 33.9 Å². The molecule has 0 aliphatic rings. The number of nitrogens with one attached hydrogen (secondary N) is 4. The van der Waals surface area contributed by atoms with Gasteiger partial charge in [0.1, 0.15) is 12.6 Å². The predicted octanol–water partition coefficient (Wildman–Crippen LogP) is 5.12. The van der Waals surface area contributed by atoms with Gasteiger partial charge in [-0.05, 0) is 32.1 Å². The van der Waals surface area contributed by atoms with E-state index < -0.39 is 18.0 Å². The molecule has 0 bridgehead atoms. The van der Waals surface area contributed by atoms with Crippen LogP contribution in [0.4, 0.5) is 4.79 Å². The molecule has 0 saturated carbocycles. The molecular weight excluding hydrogens is 660 g/mol. The van der Waals surface area contributed by atoms with Crippen LogP contribution in [0.2, 0.25) is 0 Å². The van der Waals surface area contributed by atoms with Gasteiger partial charge in [-0.1, -0.05) is 90.9 Å². The summed E-state index contributed by atoms with van der Waals surface area (Å²) in [5.74, 6) is -2.48. The van der Waals surface area contributed by atoms with Gasteiger partial charge in [-0.3, -0.25) is 19.2 Å². The Hall–Kier alpha value is -3.26. The minimum Gasteiger partial charge on any atom is -0.481 e. The fourth-order valence-electron chi connectivity index (χ4n) is 5.11. The van der Waals surface area contributed by atoms with Crippen LogP contribution in [0, 0.1) is 5.92 Å². The van der Waals surface area contributed by atoms with Crippen molar-refractivity contribution >= 4 is 35.6 Å². The Kier molecular flexibility index (Phi) is 31.7. The summed E-state index contributed by atoms with van der Waals surface area (Å²) in [5, 5.41) is 28.8. The molecule has 0 saturated heterocycles. The van der Waals surface area contributed by atoms with E-state index in [0.29, 0.717) is 58.7 Å². The van der Waals surface area contributed by atoms with Gasteiger partial charge >= 0.3 is 18.0 Å². The third kappa shape index (κ3) is 33.6. The molecule has 0 rings (SSSR count). The maximum absolute atomic E-state index is 12.3. The van der Waals surface area contributed by atoms with E-state index in [0.717, 1.165) is 38.5 Å². The second-order valence-electron chi connectivity index (χ2n) is 13.4. The van der Waals surface area contributed by atoms with Crippen molar-refractivity contribution in [2.45, 2.75) is 148 Å². The molecule has 0 heterocycles. The second kappa shape index (κ2) is 33.9. The van der Waals surface area contributed by atoms with Crippen molar-refractivity contribution in [3.05, 3.63) is 0 Å². The van der Waals surface area contributed by atoms with Gasteiger partial charge < -0.3 is 41.0 Å². The van der Waals surface area contributed by atoms with Crippen molar-refractivity contribution in [2.75, 3.05) is 46.1 Å². The van der Waals surface area contributed by atoms with Crippen molar-refractivity contribution in [1.29, 1.82) is 0 Å². The Morgan fingerprint density at radius 1 is 0.529 bits per heavy atom. The smallest absolute Gasteiger partial charge is 0.326 e. The summed E-state index contributed by atoms with van der Waals surface area (Å²) in [6.45, 7) is 5.82. The van der Waals surface area contributed by atoms with Crippen LogP contribution in [0.15, 0.2) is 0 Å². The molecule has 0 aromatic carbocycles. The molecule has 0 unspecified atom stereocenters. The normalized spacial score (nSPS) is 11.6. The predicted molar refractivity (Wildman–Crippen MR) is 195 cm³/mol. The Morgan fingerprint density at radius 3 is 1.55 bits per heavy atom. The van der Waals surface area contributed by atoms with Crippen molar-refractivity contribution in [3.8, 4) is 0 Å². The molecule has 0 aromatic rings. The van der Waals surface area contributed by atoms with Gasteiger partial charge in [-0.25, -0.2) is 9.59 Å². The minimum atomic E-state index is -1.16. The maximum Gasteiger partial charge on any atom is 0.326 e. The first-order valence-corrected chi connectivity index (χ1v) is 19.2. The van der Waals surface area contributed by atoms with E-state index >= 15 is 0 Å². The molecule has 0 radical (unpaired) electrons. The molecule has 51 heavy (non-hydrogen) atoms. The van der Waals surface area contributed by atoms with Crippen molar-refractivity contribution in [1.82, 2.24) is 21.3 Å². The van der Waals surface area contributed by atoms with Gasteiger partial charge in [0.2, 0.25) is 11.8 Å². The Bertz CT molecular complexity index is 964. The second-order valence-corrected chi connectivity index (χ2v) is 13.4. The number of carboxylic acid groups (broad SMARTS) is 2. The van der Waals surface area contributed by atoms with Crippen LogP contribution >= 0.6 is 0 Å². The third-order valence-electron chi connectivity index (χ3n) is 8.34. The first-order chi connectivity index (χ1) is 24.5. The fraction of sp³-hybridized carbons (Fsp3) is 0.838. The number of Topliss-reactive ketones (excluding diaryl/α,β-unsaturated/α-hetero) is 1. The highest BCUT2D eigenvalue weighted by atomic mass is 16.5. The highest BCUT2D eigenvalue weighted by molar-refractivity contribution is 5.84. The van der Waals surface area contributed by atoms with Gasteiger partial charge in [-0.15, -0.1) is 0 Å². The zero-order chi connectivity index (χ0) is 38.0. The van der Waals surface area contributed by atoms with Crippen molar-refractivity contribution in [2.24, 2.45) is 5.92 Å². The molecule has 0 aliphatic heterocycles. The lowest BCUT2D eigenvalue weighted by atomic mass is 10.0. The molecule has 0 aliphatic carbocycles. The van der Waals surface area contributed by atoms with Gasteiger partial charge in [0.25, 0.3) is 0 Å². The van der Waals surface area contributed by atoms with Crippen LogP contribution in [-0.2, 0) is 33.4 Å². The maximum atomic E-state index is 12.3. The highest BCUT2D eigenvalue weighted by Gasteiger charge is 2.20. The number of hydrogen-bond donors (Lipinski definition) is 6. The third-order valence-corrected chi connectivity index (χ3v) is 8.34. The minimum absolute atomic E-state index is 0.00989. The molecular formula is C37H68N4O10. The van der Waals surface area contributed by atoms with Gasteiger partial charge in [0, 0.05) is 44.8 Å². The van der Waals surface area contributed by atoms with Gasteiger partial charge in [0.15, 0.2) is 5.78 Å². The van der Waals surface area contributed by atoms with Gasteiger partial charge in [0.05, 0.1) is 19.8 Å². The number of hydrogen-bond acceptors (Lipinski definition) is 8. The number of ketones is 1. The highest BCUT2D eigenvalue weighted by Crippen LogP contribution is 2.14. The molecule has 14 heteroatoms. The quantitative estimate of drug-likeness (QED) is 0.0469. The average Bonchev–Trinajstić information content (AvgIpc) is 3.08. The molecule has 0 aromatic heterocycles. The molecule has 6 N–H and O–H groups in total. The summed E-state index contributed by atoms with van der Waals surface area (Å²) in [4.78, 5) is 69.9. The number of unbranched alkanes of at least 4 members (excludes halogenated alkanes) is 14. The molecule has 0 spiro atoms. The summed E-state index contributed by atoms with van der Waals surface area (Å²) >= 11 is 0. The summed E-state index contributed by atoms with van der Waals surface area (Å²) < 4.78 is 10.6. The number of urea groups is 1. The zero-order valence-corrected chi connectivity index (χ0v) is 31.4. The lowest BCUT2D eigenvalue weighted by molar-refractivity contribution is -0.142. The van der Waals surface area contributed by atoms with Crippen LogP contribution in [0.5, 0.6) is 0 Å². The Morgan fingerprint density at radius 2 is 1.02 bits per heavy atom. The summed E-state index contributed by atoms with van der Waals surface area (Å²) in [7, 11) is 0. The number of aliphatic carboxylic acids is 2. The molecule has 0 fully saturated rings. The first-order valence-electron chi connectivity index (χ1n) is 19.2. The summed E-state index contributed by atoms with van der Waals surface area (Å²) in [6.07, 6.45) is 17.0. The lowest BCUT2D eigenvalue weighted by Gasteiger charge is -2.14. The molecule has 14 nitrogen and oxygen atoms in total. The molecule has 4 amide bonds. The van der Waals surface area contributed by atoms with Crippen LogP contribution in [-0.4, -0.2) is 97.9 Å². The summed E-state index contributed by atoms with van der Waals surface area (Å²) in [6, 6.07) is -1.43. The number of rotatable bonds is 36. The number of amides is 4. The van der Waals surface area contributed by atoms with Gasteiger partial charge in [-0.2, -0.15) is 0 Å². The van der Waals surface area contributed by atoms with Crippen LogP contribution in [0.1, 0.15) is 142 Å². The molecule has 1 atom stereocenters. The lowest BCUT2D eigenvalue weighted by Crippen LogP contribution is -2.41. The van der Waals surface area contributed by atoms with E-state index in [2.05, 4.69) is 21.3 Å². The summed E-state index contributed by atoms with van der Waals surface area (Å²) in [5.41, 5.74) is 0. The van der Waals surface area contributed by atoms with E-state index in [1.807, 2.05) is 13.8 Å². The zero-order valence-electron chi connectivity index (χ0n) is 31.4. The number of carboxylic acids is 2. The number of carbonyl (C=O) groups is 6. The topological polar surface area (TPSA) is 209 Å². The van der Waals surface area contributed by atoms with Crippen LogP contribution < -0.4 is 21.3 Å². The first kappa shape index (κ1) is 47.7. The van der Waals surface area contributed by atoms with Crippen LogP contribution in [0.25, 0.3) is 0 Å². The standard InChI is InChI=1S/C37H68N4O10/c1-30(2)32(42)29-51-28-27-50-26-25-40-37(49)39-24-18-17-23-38-33(43)22-21-31(36(47)48)41-34(44)19-15-13-11-9-7-5-3-4-6-8-10-12-14-16-20-35(45)46/h30-31H,3-29H2,1-2H3,(H,38,43)(H,41,44)(H,45,46)(H,47,48)(H2,39,40,49)/t31-/m0/s1. The van der Waals surface area contributed by atoms with Crippen LogP contribution in [0.3, 0.4) is 0 Å². The molecule has 296 valence electrons. The Labute approximate surface area is 305 Å². The average molecular weight is 729 g/mol. The van der Waals surface area contributed by atoms with Crippen molar-refractivity contribution in [3.63, 3.8) is 0 Å². The van der Waals surface area contributed by atoms with Crippen molar-refractivity contribution < 1.29 is 48.5 Å². The largest absolute Gasteiger partial charge is 0.481 e. The van der Waals surface area contributed by atoms with E-state index in [1.54, 1.807) is 0 Å². The van der Waals surface area contributed by atoms with E-state index in [1.165, 1.54) is 44.9 Å². The Balaban J connectivity index is 3.70. The number of ether oxygens (including phenoxy) is 2. The SMILES string of the molecule is CC(C)C(=O)COCCOCCNC(=O)NCCCCNC(=O)CC[C@H](NC(=O)CCCCCCCCCCCCCCCCC(=O)O)C(=O)O. The van der Waals surface area contributed by atoms with E-state index in [-0.39, 0.29) is 61.8 Å². The fourth-order valence-corrected chi connectivity index (χ4v) is 5.11. The number of carbonyl (C=O) groups excluding carboxylic acids is 4. The monoisotopic (exact) mass is 728 g/mol.